The molecule has 2 aliphatic heterocycles. The molecule has 0 saturated carbocycles. The molecule has 2 fully saturated rings. The first-order valence-corrected chi connectivity index (χ1v) is 7.20. The normalized spacial score (nSPS) is 24.0. The number of carbonyl (C=O) groups excluding carboxylic acids is 1. The number of fused-ring (bicyclic) bond motifs is 1. The molecule has 0 spiro atoms. The van der Waals surface area contributed by atoms with Gasteiger partial charge in [-0.3, -0.25) is 4.79 Å². The lowest BCUT2D eigenvalue weighted by Gasteiger charge is -2.37. The summed E-state index contributed by atoms with van der Waals surface area (Å²) in [7, 11) is 2.88. The number of benzene rings is 1. The fourth-order valence-corrected chi connectivity index (χ4v) is 3.02. The second-order valence-corrected chi connectivity index (χ2v) is 5.32. The molecule has 6 nitrogen and oxygen atoms in total. The summed E-state index contributed by atoms with van der Waals surface area (Å²) in [6, 6.07) is 2.51. The van der Waals surface area contributed by atoms with E-state index >= 15 is 0 Å². The summed E-state index contributed by atoms with van der Waals surface area (Å²) < 4.78 is 30.1. The molecule has 2 saturated heterocycles. The molecule has 1 aromatic rings. The van der Waals surface area contributed by atoms with Crippen molar-refractivity contribution < 1.29 is 23.4 Å². The second-order valence-electron chi connectivity index (χ2n) is 5.32. The first-order valence-electron chi connectivity index (χ1n) is 7.20. The van der Waals surface area contributed by atoms with Crippen molar-refractivity contribution in [3.63, 3.8) is 0 Å². The van der Waals surface area contributed by atoms with Crippen molar-refractivity contribution in [3.05, 3.63) is 23.5 Å². The van der Waals surface area contributed by atoms with Crippen LogP contribution in [0.5, 0.6) is 11.5 Å². The third-order valence-corrected chi connectivity index (χ3v) is 4.16. The van der Waals surface area contributed by atoms with E-state index in [-0.39, 0.29) is 29.4 Å². The van der Waals surface area contributed by atoms with Crippen LogP contribution in [-0.2, 0) is 4.74 Å². The molecule has 1 N–H and O–H groups in total. The molecule has 0 aliphatic carbocycles. The summed E-state index contributed by atoms with van der Waals surface area (Å²) >= 11 is 0. The Morgan fingerprint density at radius 1 is 1.32 bits per heavy atom. The highest BCUT2D eigenvalue weighted by molar-refractivity contribution is 5.95. The van der Waals surface area contributed by atoms with Crippen molar-refractivity contribution >= 4 is 5.91 Å². The van der Waals surface area contributed by atoms with Gasteiger partial charge in [0.15, 0.2) is 11.5 Å². The van der Waals surface area contributed by atoms with E-state index in [0.29, 0.717) is 32.0 Å². The zero-order valence-electron chi connectivity index (χ0n) is 12.6. The van der Waals surface area contributed by atoms with E-state index in [2.05, 4.69) is 5.32 Å². The van der Waals surface area contributed by atoms with Crippen LogP contribution >= 0.6 is 0 Å². The molecule has 1 aromatic carbocycles. The van der Waals surface area contributed by atoms with E-state index in [1.54, 1.807) is 4.90 Å². The van der Waals surface area contributed by atoms with E-state index in [4.69, 9.17) is 14.2 Å². The molecule has 7 heteroatoms. The number of amides is 1. The fraction of sp³-hybridized carbons (Fsp3) is 0.533. The summed E-state index contributed by atoms with van der Waals surface area (Å²) in [6.45, 7) is 2.28. The van der Waals surface area contributed by atoms with Gasteiger partial charge in [-0.25, -0.2) is 4.39 Å². The summed E-state index contributed by atoms with van der Waals surface area (Å²) in [5.74, 6) is -0.363. The molecule has 0 radical (unpaired) electrons. The van der Waals surface area contributed by atoms with Gasteiger partial charge < -0.3 is 24.4 Å². The number of hydrogen-bond acceptors (Lipinski definition) is 5. The molecular weight excluding hydrogens is 291 g/mol. The van der Waals surface area contributed by atoms with Crippen LogP contribution in [0.2, 0.25) is 0 Å². The van der Waals surface area contributed by atoms with Crippen molar-refractivity contribution in [1.29, 1.82) is 0 Å². The van der Waals surface area contributed by atoms with Gasteiger partial charge in [0.25, 0.3) is 5.91 Å². The fourth-order valence-electron chi connectivity index (χ4n) is 3.02. The number of nitrogens with one attached hydrogen (secondary N) is 1. The molecule has 22 heavy (non-hydrogen) atoms. The maximum atomic E-state index is 14.3. The number of methoxy groups -OCH3 is 2. The second kappa shape index (κ2) is 6.10. The highest BCUT2D eigenvalue weighted by Crippen LogP contribution is 2.31. The zero-order valence-corrected chi connectivity index (χ0v) is 12.6. The first kappa shape index (κ1) is 15.1. The average Bonchev–Trinajstić information content (AvgIpc) is 3.02. The Morgan fingerprint density at radius 3 is 2.77 bits per heavy atom. The maximum Gasteiger partial charge on any atom is 0.257 e. The van der Waals surface area contributed by atoms with Crippen molar-refractivity contribution in [3.8, 4) is 11.5 Å². The minimum absolute atomic E-state index is 0.00907. The summed E-state index contributed by atoms with van der Waals surface area (Å²) in [4.78, 5) is 14.4. The Hall–Kier alpha value is -1.86. The predicted molar refractivity (Wildman–Crippen MR) is 76.9 cm³/mol. The summed E-state index contributed by atoms with van der Waals surface area (Å²) in [5.41, 5.74) is -0.00907. The monoisotopic (exact) mass is 310 g/mol. The Morgan fingerprint density at radius 2 is 2.05 bits per heavy atom. The standard InChI is InChI=1S/C15H19FN2O4/c1-20-12-5-9(10(16)6-13(12)21-2)15(19)18-3-4-22-14-8-17-7-11(14)18/h5-6,11,14,17H,3-4,7-8H2,1-2H3/t11-,14+/m1/s1. The van der Waals surface area contributed by atoms with Gasteiger partial charge in [-0.1, -0.05) is 0 Å². The van der Waals surface area contributed by atoms with Gasteiger partial charge in [-0.05, 0) is 6.07 Å². The smallest absolute Gasteiger partial charge is 0.257 e. The molecule has 2 heterocycles. The number of halogens is 1. The van der Waals surface area contributed by atoms with Crippen LogP contribution in [0.1, 0.15) is 10.4 Å². The minimum Gasteiger partial charge on any atom is -0.493 e. The molecular formula is C15H19FN2O4. The van der Waals surface area contributed by atoms with E-state index in [9.17, 15) is 9.18 Å². The van der Waals surface area contributed by atoms with Crippen LogP contribution in [0.3, 0.4) is 0 Å². The van der Waals surface area contributed by atoms with Gasteiger partial charge in [0.1, 0.15) is 5.82 Å². The van der Waals surface area contributed by atoms with Crippen molar-refractivity contribution in [2.24, 2.45) is 0 Å². The largest absolute Gasteiger partial charge is 0.493 e. The van der Waals surface area contributed by atoms with Gasteiger partial charge in [-0.15, -0.1) is 0 Å². The Bertz CT molecular complexity index is 581. The van der Waals surface area contributed by atoms with Crippen LogP contribution in [0.4, 0.5) is 4.39 Å². The van der Waals surface area contributed by atoms with Crippen molar-refractivity contribution in [2.75, 3.05) is 40.5 Å². The van der Waals surface area contributed by atoms with Crippen molar-refractivity contribution in [1.82, 2.24) is 10.2 Å². The highest BCUT2D eigenvalue weighted by atomic mass is 19.1. The summed E-state index contributed by atoms with van der Waals surface area (Å²) in [5, 5.41) is 3.20. The van der Waals surface area contributed by atoms with Crippen LogP contribution in [0, 0.1) is 5.82 Å². The molecule has 3 rings (SSSR count). The molecule has 0 unspecified atom stereocenters. The molecule has 0 bridgehead atoms. The lowest BCUT2D eigenvalue weighted by molar-refractivity contribution is -0.0366. The Labute approximate surface area is 128 Å². The van der Waals surface area contributed by atoms with E-state index < -0.39 is 5.82 Å². The number of carbonyl (C=O) groups is 1. The van der Waals surface area contributed by atoms with Crippen LogP contribution < -0.4 is 14.8 Å². The van der Waals surface area contributed by atoms with Gasteiger partial charge in [0, 0.05) is 25.7 Å². The van der Waals surface area contributed by atoms with Gasteiger partial charge in [0.05, 0.1) is 38.5 Å². The number of rotatable bonds is 3. The average molecular weight is 310 g/mol. The van der Waals surface area contributed by atoms with E-state index in [1.807, 2.05) is 0 Å². The molecule has 2 aliphatic rings. The molecule has 2 atom stereocenters. The topological polar surface area (TPSA) is 60.0 Å². The highest BCUT2D eigenvalue weighted by Gasteiger charge is 2.39. The number of nitrogens with zero attached hydrogens (tertiary/aromatic N) is 1. The predicted octanol–water partition coefficient (Wildman–Crippen LogP) is 0.656. The van der Waals surface area contributed by atoms with Gasteiger partial charge >= 0.3 is 0 Å². The molecule has 1 amide bonds. The maximum absolute atomic E-state index is 14.3. The van der Waals surface area contributed by atoms with Gasteiger partial charge in [-0.2, -0.15) is 0 Å². The van der Waals surface area contributed by atoms with Gasteiger partial charge in [0.2, 0.25) is 0 Å². The minimum atomic E-state index is -0.614. The summed E-state index contributed by atoms with van der Waals surface area (Å²) in [6.07, 6.45) is -0.0269. The first-order chi connectivity index (χ1) is 10.7. The molecule has 0 aromatic heterocycles. The van der Waals surface area contributed by atoms with E-state index in [1.165, 1.54) is 26.4 Å². The third kappa shape index (κ3) is 2.50. The lowest BCUT2D eigenvalue weighted by Crippen LogP contribution is -2.53. The van der Waals surface area contributed by atoms with Crippen LogP contribution in [0.25, 0.3) is 0 Å². The zero-order chi connectivity index (χ0) is 15.7. The Kier molecular flexibility index (Phi) is 4.17. The quantitative estimate of drug-likeness (QED) is 0.888. The SMILES string of the molecule is COc1cc(F)c(C(=O)N2CCO[C@H]3CNC[C@H]32)cc1OC. The van der Waals surface area contributed by atoms with Crippen LogP contribution in [-0.4, -0.2) is 63.4 Å². The Balaban J connectivity index is 1.91. The lowest BCUT2D eigenvalue weighted by atomic mass is 10.1. The van der Waals surface area contributed by atoms with E-state index in [0.717, 1.165) is 0 Å². The number of hydrogen-bond donors (Lipinski definition) is 1. The third-order valence-electron chi connectivity index (χ3n) is 4.16. The van der Waals surface area contributed by atoms with Crippen molar-refractivity contribution in [2.45, 2.75) is 12.1 Å². The number of morpholine rings is 1. The van der Waals surface area contributed by atoms with Crippen LogP contribution in [0.15, 0.2) is 12.1 Å². The number of ether oxygens (including phenoxy) is 3. The molecule has 120 valence electrons.